The molecule has 0 atom stereocenters. The zero-order chi connectivity index (χ0) is 13.0. The van der Waals surface area contributed by atoms with Crippen LogP contribution in [0.5, 0.6) is 0 Å². The van der Waals surface area contributed by atoms with E-state index in [0.717, 1.165) is 23.8 Å². The number of methoxy groups -OCH3 is 1. The van der Waals surface area contributed by atoms with Gasteiger partial charge in [0.15, 0.2) is 0 Å². The van der Waals surface area contributed by atoms with Gasteiger partial charge in [-0.2, -0.15) is 0 Å². The van der Waals surface area contributed by atoms with Gasteiger partial charge in [-0.15, -0.1) is 0 Å². The van der Waals surface area contributed by atoms with Gasteiger partial charge >= 0.3 is 0 Å². The Morgan fingerprint density at radius 1 is 1.35 bits per heavy atom. The molecule has 0 aliphatic heterocycles. The molecule has 1 aromatic rings. The molecule has 0 amide bonds. The van der Waals surface area contributed by atoms with Gasteiger partial charge in [0.05, 0.1) is 6.61 Å². The van der Waals surface area contributed by atoms with Crippen molar-refractivity contribution in [3.05, 3.63) is 11.4 Å². The Bertz CT molecular complexity index is 379. The van der Waals surface area contributed by atoms with Crippen molar-refractivity contribution < 1.29 is 4.74 Å². The van der Waals surface area contributed by atoms with E-state index in [2.05, 4.69) is 23.8 Å². The second kappa shape index (κ2) is 5.82. The first-order valence-electron chi connectivity index (χ1n) is 5.81. The first-order chi connectivity index (χ1) is 7.97. The summed E-state index contributed by atoms with van der Waals surface area (Å²) in [5, 5.41) is 0. The molecule has 0 spiro atoms. The van der Waals surface area contributed by atoms with Crippen LogP contribution in [0.15, 0.2) is 0 Å². The van der Waals surface area contributed by atoms with Crippen molar-refractivity contribution in [3.63, 3.8) is 0 Å². The minimum atomic E-state index is 0.271. The highest BCUT2D eigenvalue weighted by Crippen LogP contribution is 2.23. The number of aromatic nitrogens is 2. The number of nitrogens with two attached hydrogens (primary N) is 1. The number of likely N-dealkylation sites (N-methyl/N-ethyl adjacent to an activating group) is 1. The molecule has 0 saturated carbocycles. The maximum absolute atomic E-state index is 5.92. The van der Waals surface area contributed by atoms with Crippen LogP contribution in [0.4, 0.5) is 11.6 Å². The molecule has 1 rings (SSSR count). The number of nitrogen functional groups attached to an aromatic ring is 1. The summed E-state index contributed by atoms with van der Waals surface area (Å²) in [7, 11) is 3.67. The molecule has 0 saturated heterocycles. The van der Waals surface area contributed by atoms with Crippen molar-refractivity contribution >= 4 is 11.6 Å². The predicted octanol–water partition coefficient (Wildman–Crippen LogP) is 1.57. The van der Waals surface area contributed by atoms with Crippen LogP contribution < -0.4 is 10.6 Å². The smallest absolute Gasteiger partial charge is 0.137 e. The predicted molar refractivity (Wildman–Crippen MR) is 70.4 cm³/mol. The third kappa shape index (κ3) is 3.30. The van der Waals surface area contributed by atoms with Gasteiger partial charge in [-0.3, -0.25) is 0 Å². The zero-order valence-electron chi connectivity index (χ0n) is 11.3. The summed E-state index contributed by atoms with van der Waals surface area (Å²) in [6.07, 6.45) is 0. The number of rotatable bonds is 5. The van der Waals surface area contributed by atoms with E-state index in [4.69, 9.17) is 10.5 Å². The van der Waals surface area contributed by atoms with Crippen molar-refractivity contribution in [3.8, 4) is 0 Å². The summed E-state index contributed by atoms with van der Waals surface area (Å²) in [6, 6.07) is 0. The quantitative estimate of drug-likeness (QED) is 0.843. The standard InChI is InChI=1S/C12H22N4O/c1-8(2)11-14-10(13)9(3)12(15-11)16(4)6-7-17-5/h8H,6-7H2,1-5H3,(H2,13,14,15). The molecule has 96 valence electrons. The number of hydrogen-bond donors (Lipinski definition) is 1. The molecule has 5 heteroatoms. The molecule has 0 aliphatic rings. The molecular weight excluding hydrogens is 216 g/mol. The molecule has 0 bridgehead atoms. The molecule has 0 radical (unpaired) electrons. The maximum Gasteiger partial charge on any atom is 0.137 e. The van der Waals surface area contributed by atoms with Gasteiger partial charge in [-0.1, -0.05) is 13.8 Å². The summed E-state index contributed by atoms with van der Waals surface area (Å²) in [5.74, 6) is 2.50. The van der Waals surface area contributed by atoms with Crippen molar-refractivity contribution in [2.75, 3.05) is 37.9 Å². The van der Waals surface area contributed by atoms with Crippen LogP contribution in [0.1, 0.15) is 31.2 Å². The summed E-state index contributed by atoms with van der Waals surface area (Å²) in [5.41, 5.74) is 6.84. The Morgan fingerprint density at radius 2 is 2.00 bits per heavy atom. The lowest BCUT2D eigenvalue weighted by molar-refractivity contribution is 0.206. The normalized spacial score (nSPS) is 10.9. The van der Waals surface area contributed by atoms with Crippen molar-refractivity contribution in [2.24, 2.45) is 0 Å². The Morgan fingerprint density at radius 3 is 2.53 bits per heavy atom. The topological polar surface area (TPSA) is 64.3 Å². The van der Waals surface area contributed by atoms with Crippen LogP contribution in [-0.2, 0) is 4.74 Å². The number of nitrogens with zero attached hydrogens (tertiary/aromatic N) is 3. The molecular formula is C12H22N4O. The lowest BCUT2D eigenvalue weighted by atomic mass is 10.2. The van der Waals surface area contributed by atoms with Crippen LogP contribution in [0, 0.1) is 6.92 Å². The Balaban J connectivity index is 3.04. The van der Waals surface area contributed by atoms with Crippen LogP contribution in [0.3, 0.4) is 0 Å². The van der Waals surface area contributed by atoms with Gasteiger partial charge in [0.1, 0.15) is 17.5 Å². The van der Waals surface area contributed by atoms with Crippen LogP contribution >= 0.6 is 0 Å². The van der Waals surface area contributed by atoms with Crippen molar-refractivity contribution in [1.82, 2.24) is 9.97 Å². The molecule has 0 aromatic carbocycles. The Kier molecular flexibility index (Phi) is 4.69. The first-order valence-corrected chi connectivity index (χ1v) is 5.81. The highest BCUT2D eigenvalue weighted by Gasteiger charge is 2.14. The van der Waals surface area contributed by atoms with E-state index in [1.165, 1.54) is 0 Å². The van der Waals surface area contributed by atoms with Crippen LogP contribution in [-0.4, -0.2) is 37.3 Å². The Hall–Kier alpha value is -1.36. The van der Waals surface area contributed by atoms with E-state index in [1.807, 2.05) is 18.9 Å². The molecule has 0 unspecified atom stereocenters. The number of ether oxygens (including phenoxy) is 1. The summed E-state index contributed by atoms with van der Waals surface area (Å²) in [6.45, 7) is 7.51. The second-order valence-electron chi connectivity index (χ2n) is 4.48. The second-order valence-corrected chi connectivity index (χ2v) is 4.48. The molecule has 2 N–H and O–H groups in total. The zero-order valence-corrected chi connectivity index (χ0v) is 11.3. The van der Waals surface area contributed by atoms with Gasteiger partial charge < -0.3 is 15.4 Å². The molecule has 0 fully saturated rings. The lowest BCUT2D eigenvalue weighted by Gasteiger charge is -2.21. The average molecular weight is 238 g/mol. The molecule has 17 heavy (non-hydrogen) atoms. The fourth-order valence-corrected chi connectivity index (χ4v) is 1.50. The largest absolute Gasteiger partial charge is 0.383 e. The first kappa shape index (κ1) is 13.7. The monoisotopic (exact) mass is 238 g/mol. The maximum atomic E-state index is 5.92. The van der Waals surface area contributed by atoms with Gasteiger partial charge in [-0.05, 0) is 6.92 Å². The fourth-order valence-electron chi connectivity index (χ4n) is 1.50. The lowest BCUT2D eigenvalue weighted by Crippen LogP contribution is -2.25. The number of hydrogen-bond acceptors (Lipinski definition) is 5. The van der Waals surface area contributed by atoms with E-state index >= 15 is 0 Å². The summed E-state index contributed by atoms with van der Waals surface area (Å²) in [4.78, 5) is 10.9. The third-order valence-electron chi connectivity index (χ3n) is 2.68. The molecule has 1 heterocycles. The van der Waals surface area contributed by atoms with E-state index in [-0.39, 0.29) is 5.92 Å². The molecule has 0 aliphatic carbocycles. The average Bonchev–Trinajstić information content (AvgIpc) is 2.29. The minimum Gasteiger partial charge on any atom is -0.383 e. The van der Waals surface area contributed by atoms with E-state index in [9.17, 15) is 0 Å². The third-order valence-corrected chi connectivity index (χ3v) is 2.68. The van der Waals surface area contributed by atoms with Gasteiger partial charge in [0.2, 0.25) is 0 Å². The summed E-state index contributed by atoms with van der Waals surface area (Å²) < 4.78 is 5.07. The molecule has 5 nitrogen and oxygen atoms in total. The Labute approximate surface area is 103 Å². The van der Waals surface area contributed by atoms with Gasteiger partial charge in [0.25, 0.3) is 0 Å². The van der Waals surface area contributed by atoms with Crippen molar-refractivity contribution in [2.45, 2.75) is 26.7 Å². The van der Waals surface area contributed by atoms with Crippen molar-refractivity contribution in [1.29, 1.82) is 0 Å². The summed E-state index contributed by atoms with van der Waals surface area (Å²) >= 11 is 0. The van der Waals surface area contributed by atoms with E-state index in [0.29, 0.717) is 12.4 Å². The molecule has 1 aromatic heterocycles. The number of anilines is 2. The van der Waals surface area contributed by atoms with Crippen LogP contribution in [0.25, 0.3) is 0 Å². The van der Waals surface area contributed by atoms with Gasteiger partial charge in [0, 0.05) is 32.2 Å². The van der Waals surface area contributed by atoms with Crippen LogP contribution in [0.2, 0.25) is 0 Å². The highest BCUT2D eigenvalue weighted by molar-refractivity contribution is 5.56. The highest BCUT2D eigenvalue weighted by atomic mass is 16.5. The SMILES string of the molecule is COCCN(C)c1nc(C(C)C)nc(N)c1C. The van der Waals surface area contributed by atoms with E-state index < -0.39 is 0 Å². The minimum absolute atomic E-state index is 0.271. The van der Waals surface area contributed by atoms with Gasteiger partial charge in [-0.25, -0.2) is 9.97 Å². The van der Waals surface area contributed by atoms with E-state index in [1.54, 1.807) is 7.11 Å². The fraction of sp³-hybridized carbons (Fsp3) is 0.667.